The lowest BCUT2D eigenvalue weighted by Gasteiger charge is -2.60. The molecular weight excluding hydrogens is 300 g/mol. The van der Waals surface area contributed by atoms with Crippen LogP contribution in [-0.4, -0.2) is 24.1 Å². The van der Waals surface area contributed by atoms with Crippen LogP contribution in [0, 0.1) is 34.5 Å². The Balaban J connectivity index is 1.65. The summed E-state index contributed by atoms with van der Waals surface area (Å²) in [5.41, 5.74) is 1.21. The molecule has 4 saturated carbocycles. The van der Waals surface area contributed by atoms with Crippen molar-refractivity contribution in [2.24, 2.45) is 34.5 Å². The Morgan fingerprint density at radius 2 is 1.83 bits per heavy atom. The molecular formula is C21H32O3. The van der Waals surface area contributed by atoms with Crippen molar-refractivity contribution in [2.75, 3.05) is 7.11 Å². The monoisotopic (exact) mass is 332 g/mol. The third kappa shape index (κ3) is 2.09. The average molecular weight is 332 g/mol. The zero-order chi connectivity index (χ0) is 17.1. The third-order valence-electron chi connectivity index (χ3n) is 8.78. The predicted molar refractivity (Wildman–Crippen MR) is 93.6 cm³/mol. The molecule has 0 bridgehead atoms. The van der Waals surface area contributed by atoms with Gasteiger partial charge in [0.1, 0.15) is 0 Å². The molecule has 0 aromatic rings. The summed E-state index contributed by atoms with van der Waals surface area (Å²) in [7, 11) is 1.88. The predicted octanol–water partition coefficient (Wildman–Crippen LogP) is 4.67. The Labute approximate surface area is 145 Å². The summed E-state index contributed by atoms with van der Waals surface area (Å²) in [6, 6.07) is 0. The number of carbonyl (C=O) groups excluding carboxylic acids is 1. The maximum atomic E-state index is 12.3. The first kappa shape index (κ1) is 16.6. The van der Waals surface area contributed by atoms with Gasteiger partial charge in [-0.2, -0.15) is 0 Å². The molecule has 3 heteroatoms. The number of Topliss-reactive ketones (excluding diaryl/α,β-unsaturated/α-hetero) is 1. The molecule has 0 amide bonds. The van der Waals surface area contributed by atoms with Crippen molar-refractivity contribution in [3.8, 4) is 0 Å². The molecule has 0 unspecified atom stereocenters. The van der Waals surface area contributed by atoms with E-state index in [0.717, 1.165) is 24.5 Å². The molecule has 4 fully saturated rings. The van der Waals surface area contributed by atoms with Gasteiger partial charge in [-0.25, -0.2) is 0 Å². The van der Waals surface area contributed by atoms with E-state index < -0.39 is 0 Å². The molecule has 4 rings (SSSR count). The van der Waals surface area contributed by atoms with Crippen LogP contribution in [0.1, 0.15) is 65.2 Å². The van der Waals surface area contributed by atoms with Crippen LogP contribution in [0.15, 0.2) is 11.8 Å². The van der Waals surface area contributed by atoms with Crippen LogP contribution in [0.4, 0.5) is 0 Å². The van der Waals surface area contributed by atoms with E-state index in [1.807, 2.05) is 7.11 Å². The van der Waals surface area contributed by atoms with Crippen molar-refractivity contribution in [1.29, 1.82) is 0 Å². The Morgan fingerprint density at radius 3 is 2.54 bits per heavy atom. The molecule has 0 aliphatic heterocycles. The highest BCUT2D eigenvalue weighted by atomic mass is 16.5. The number of fused-ring (bicyclic) bond motifs is 5. The minimum atomic E-state index is 0.180. The van der Waals surface area contributed by atoms with Crippen LogP contribution < -0.4 is 0 Å². The van der Waals surface area contributed by atoms with Gasteiger partial charge in [-0.1, -0.05) is 13.8 Å². The van der Waals surface area contributed by atoms with Gasteiger partial charge in [0, 0.05) is 19.1 Å². The molecule has 0 heterocycles. The number of ether oxygens (including phenoxy) is 1. The SMILES string of the molecule is CO[C@H]1CC[C@H]2[C@@H]3CC[C@H]4CC(=O)C(=CO)C[C@]4(C)[C@H]3CC[C@]12C. The fraction of sp³-hybridized carbons (Fsp3) is 0.857. The molecule has 3 nitrogen and oxygen atoms in total. The third-order valence-corrected chi connectivity index (χ3v) is 8.78. The zero-order valence-electron chi connectivity index (χ0n) is 15.4. The van der Waals surface area contributed by atoms with Crippen LogP contribution in [0.3, 0.4) is 0 Å². The van der Waals surface area contributed by atoms with Gasteiger partial charge >= 0.3 is 0 Å². The van der Waals surface area contributed by atoms with Crippen LogP contribution in [0.2, 0.25) is 0 Å². The molecule has 0 aromatic heterocycles. The van der Waals surface area contributed by atoms with E-state index in [1.165, 1.54) is 38.5 Å². The maximum Gasteiger partial charge on any atom is 0.162 e. The van der Waals surface area contributed by atoms with Gasteiger partial charge < -0.3 is 9.84 Å². The highest BCUT2D eigenvalue weighted by Gasteiger charge is 2.60. The van der Waals surface area contributed by atoms with E-state index in [4.69, 9.17) is 4.74 Å². The Kier molecular flexibility index (Phi) is 3.87. The zero-order valence-corrected chi connectivity index (χ0v) is 15.4. The molecule has 0 radical (unpaired) electrons. The topological polar surface area (TPSA) is 46.5 Å². The van der Waals surface area contributed by atoms with Gasteiger partial charge in [0.25, 0.3) is 0 Å². The maximum absolute atomic E-state index is 12.3. The van der Waals surface area contributed by atoms with Crippen LogP contribution >= 0.6 is 0 Å². The van der Waals surface area contributed by atoms with Gasteiger partial charge in [0.05, 0.1) is 12.4 Å². The van der Waals surface area contributed by atoms with Crippen molar-refractivity contribution in [2.45, 2.75) is 71.3 Å². The minimum absolute atomic E-state index is 0.180. The van der Waals surface area contributed by atoms with Gasteiger partial charge in [-0.3, -0.25) is 4.79 Å². The number of ketones is 1. The average Bonchev–Trinajstić information content (AvgIpc) is 2.91. The van der Waals surface area contributed by atoms with E-state index in [9.17, 15) is 9.90 Å². The van der Waals surface area contributed by atoms with Crippen LogP contribution in [0.5, 0.6) is 0 Å². The molecule has 4 aliphatic rings. The Morgan fingerprint density at radius 1 is 1.08 bits per heavy atom. The summed E-state index contributed by atoms with van der Waals surface area (Å²) in [4.78, 5) is 12.3. The number of rotatable bonds is 1. The summed E-state index contributed by atoms with van der Waals surface area (Å²) in [5.74, 6) is 2.95. The number of aliphatic hydroxyl groups is 1. The van der Waals surface area contributed by atoms with Crippen LogP contribution in [-0.2, 0) is 9.53 Å². The van der Waals surface area contributed by atoms with Crippen molar-refractivity contribution < 1.29 is 14.6 Å². The number of hydrogen-bond acceptors (Lipinski definition) is 3. The number of allylic oxidation sites excluding steroid dienone is 1. The summed E-state index contributed by atoms with van der Waals surface area (Å²) in [6.07, 6.45) is 10.5. The number of hydrogen-bond donors (Lipinski definition) is 1. The lowest BCUT2D eigenvalue weighted by molar-refractivity contribution is -0.136. The highest BCUT2D eigenvalue weighted by molar-refractivity contribution is 5.96. The second-order valence-electron chi connectivity index (χ2n) is 9.46. The first-order valence-corrected chi connectivity index (χ1v) is 9.83. The van der Waals surface area contributed by atoms with Gasteiger partial charge in [-0.05, 0) is 79.4 Å². The first-order valence-electron chi connectivity index (χ1n) is 9.83. The largest absolute Gasteiger partial charge is 0.515 e. The molecule has 0 saturated heterocycles. The smallest absolute Gasteiger partial charge is 0.162 e. The Hall–Kier alpha value is -0.830. The van der Waals surface area contributed by atoms with E-state index in [0.29, 0.717) is 35.3 Å². The summed E-state index contributed by atoms with van der Waals surface area (Å²) in [6.45, 7) is 4.88. The molecule has 4 aliphatic carbocycles. The van der Waals surface area contributed by atoms with Crippen molar-refractivity contribution in [1.82, 2.24) is 0 Å². The van der Waals surface area contributed by atoms with Crippen molar-refractivity contribution in [3.05, 3.63) is 11.8 Å². The number of carbonyl (C=O) groups is 1. The lowest BCUT2D eigenvalue weighted by Crippen LogP contribution is -2.54. The number of methoxy groups -OCH3 is 1. The summed E-state index contributed by atoms with van der Waals surface area (Å²) < 4.78 is 5.86. The normalized spacial score (nSPS) is 52.7. The summed E-state index contributed by atoms with van der Waals surface area (Å²) in [5, 5.41) is 9.52. The fourth-order valence-corrected chi connectivity index (χ4v) is 7.47. The molecule has 24 heavy (non-hydrogen) atoms. The second-order valence-corrected chi connectivity index (χ2v) is 9.46. The molecule has 1 N–H and O–H groups in total. The highest BCUT2D eigenvalue weighted by Crippen LogP contribution is 2.66. The molecule has 0 spiro atoms. The van der Waals surface area contributed by atoms with E-state index in [1.54, 1.807) is 0 Å². The summed E-state index contributed by atoms with van der Waals surface area (Å²) >= 11 is 0. The standard InChI is InChI=1S/C21H32O3/c1-20-9-8-17-15(16(20)6-7-19(20)24-3)5-4-14-10-18(23)13(12-22)11-21(14,17)2/h12,14-17,19,22H,4-11H2,1-3H3/t14-,15-,16-,17-,19-,20-,21-/m0/s1. The molecule has 0 aromatic carbocycles. The lowest BCUT2D eigenvalue weighted by atomic mass is 9.45. The minimum Gasteiger partial charge on any atom is -0.515 e. The van der Waals surface area contributed by atoms with Gasteiger partial charge in [-0.15, -0.1) is 0 Å². The van der Waals surface area contributed by atoms with Crippen molar-refractivity contribution >= 4 is 5.78 Å². The van der Waals surface area contributed by atoms with Crippen molar-refractivity contribution in [3.63, 3.8) is 0 Å². The fourth-order valence-electron chi connectivity index (χ4n) is 7.47. The molecule has 7 atom stereocenters. The molecule has 134 valence electrons. The van der Waals surface area contributed by atoms with E-state index in [2.05, 4.69) is 13.8 Å². The quantitative estimate of drug-likeness (QED) is 0.561. The van der Waals surface area contributed by atoms with Gasteiger partial charge in [0.2, 0.25) is 0 Å². The first-order chi connectivity index (χ1) is 11.4. The van der Waals surface area contributed by atoms with E-state index >= 15 is 0 Å². The van der Waals surface area contributed by atoms with Crippen LogP contribution in [0.25, 0.3) is 0 Å². The van der Waals surface area contributed by atoms with Gasteiger partial charge in [0.15, 0.2) is 5.78 Å². The number of aliphatic hydroxyl groups excluding tert-OH is 1. The Bertz CT molecular complexity index is 567. The van der Waals surface area contributed by atoms with E-state index in [-0.39, 0.29) is 11.2 Å². The second kappa shape index (κ2) is 5.59.